The van der Waals surface area contributed by atoms with Crippen molar-refractivity contribution in [3.63, 3.8) is 0 Å². The Balaban J connectivity index is 1.67. The minimum Gasteiger partial charge on any atom is -0.456 e. The lowest BCUT2D eigenvalue weighted by Gasteiger charge is -2.27. The Morgan fingerprint density at radius 1 is 0.739 bits per heavy atom. The number of ketones is 1. The highest BCUT2D eigenvalue weighted by atomic mass is 16.5. The predicted molar refractivity (Wildman–Crippen MR) is 87.2 cm³/mol. The van der Waals surface area contributed by atoms with E-state index in [4.69, 9.17) is 4.74 Å². The molecule has 0 aromatic heterocycles. The van der Waals surface area contributed by atoms with Crippen LogP contribution < -0.4 is 4.74 Å². The molecule has 4 saturated carbocycles. The van der Waals surface area contributed by atoms with E-state index in [2.05, 4.69) is 36.4 Å². The third-order valence-electron chi connectivity index (χ3n) is 6.34. The molecule has 5 aliphatic rings. The molecular weight excluding hydrogens is 284 g/mol. The second kappa shape index (κ2) is 3.94. The molecule has 0 radical (unpaired) electrons. The molecule has 2 nitrogen and oxygen atoms in total. The van der Waals surface area contributed by atoms with E-state index in [1.807, 2.05) is 12.1 Å². The summed E-state index contributed by atoms with van der Waals surface area (Å²) in [6.07, 6.45) is 2.16. The van der Waals surface area contributed by atoms with Crippen LogP contribution in [0.1, 0.15) is 24.0 Å². The Bertz CT molecular complexity index is 838. The maximum atomic E-state index is 12.3. The van der Waals surface area contributed by atoms with Crippen molar-refractivity contribution >= 4 is 11.4 Å². The Hall–Kier alpha value is -2.35. The first-order chi connectivity index (χ1) is 11.3. The van der Waals surface area contributed by atoms with Crippen LogP contribution in [-0.4, -0.2) is 5.78 Å². The minimum atomic E-state index is 0.301. The molecule has 2 heteroatoms. The molecule has 4 fully saturated rings. The summed E-state index contributed by atoms with van der Waals surface area (Å²) in [5.41, 5.74) is 5.30. The fourth-order valence-corrected chi connectivity index (χ4v) is 5.54. The van der Waals surface area contributed by atoms with Crippen molar-refractivity contribution in [2.24, 2.45) is 23.7 Å². The van der Waals surface area contributed by atoms with Crippen molar-refractivity contribution in [3.05, 3.63) is 65.2 Å². The van der Waals surface area contributed by atoms with Gasteiger partial charge in [-0.05, 0) is 42.4 Å². The summed E-state index contributed by atoms with van der Waals surface area (Å²) in [6.45, 7) is 0. The monoisotopic (exact) mass is 300 g/mol. The van der Waals surface area contributed by atoms with Crippen molar-refractivity contribution in [2.45, 2.75) is 12.8 Å². The highest BCUT2D eigenvalue weighted by molar-refractivity contribution is 5.97. The van der Waals surface area contributed by atoms with E-state index in [1.165, 1.54) is 16.7 Å². The third kappa shape index (κ3) is 1.34. The van der Waals surface area contributed by atoms with Gasteiger partial charge in [0, 0.05) is 23.0 Å². The van der Waals surface area contributed by atoms with Crippen LogP contribution in [0, 0.1) is 23.7 Å². The minimum absolute atomic E-state index is 0.301. The van der Waals surface area contributed by atoms with Gasteiger partial charge in [-0.25, -0.2) is 0 Å². The van der Waals surface area contributed by atoms with Crippen molar-refractivity contribution in [3.8, 4) is 11.5 Å². The molecule has 0 saturated heterocycles. The van der Waals surface area contributed by atoms with Gasteiger partial charge in [0.25, 0.3) is 0 Å². The number of benzene rings is 2. The molecule has 4 aliphatic carbocycles. The summed E-state index contributed by atoms with van der Waals surface area (Å²) in [4.78, 5) is 12.3. The lowest BCUT2D eigenvalue weighted by atomic mass is 9.82. The number of carbonyl (C=O) groups excluding carboxylic acids is 1. The van der Waals surface area contributed by atoms with Gasteiger partial charge in [0.2, 0.25) is 0 Å². The normalized spacial score (nSPS) is 32.3. The number of rotatable bonds is 0. The van der Waals surface area contributed by atoms with Crippen molar-refractivity contribution in [1.82, 2.24) is 0 Å². The predicted octanol–water partition coefficient (Wildman–Crippen LogP) is 4.45. The number of hydrogen-bond donors (Lipinski definition) is 0. The average Bonchev–Trinajstić information content (AvgIpc) is 3.30. The molecule has 4 unspecified atom stereocenters. The summed E-state index contributed by atoms with van der Waals surface area (Å²) in [5.74, 6) is 3.99. The quantitative estimate of drug-likeness (QED) is 0.613. The van der Waals surface area contributed by atoms with Gasteiger partial charge in [0.15, 0.2) is 0 Å². The molecule has 1 heterocycles. The summed E-state index contributed by atoms with van der Waals surface area (Å²) in [6, 6.07) is 16.7. The molecule has 2 aromatic rings. The second-order valence-corrected chi connectivity index (χ2v) is 7.22. The van der Waals surface area contributed by atoms with Gasteiger partial charge in [0.05, 0.1) is 0 Å². The topological polar surface area (TPSA) is 26.3 Å². The molecule has 4 bridgehead atoms. The Morgan fingerprint density at radius 2 is 1.26 bits per heavy atom. The van der Waals surface area contributed by atoms with E-state index < -0.39 is 0 Å². The molecule has 23 heavy (non-hydrogen) atoms. The first-order valence-electron chi connectivity index (χ1n) is 8.47. The van der Waals surface area contributed by atoms with E-state index in [-0.39, 0.29) is 0 Å². The first-order valence-corrected chi connectivity index (χ1v) is 8.47. The Morgan fingerprint density at radius 3 is 1.78 bits per heavy atom. The van der Waals surface area contributed by atoms with Crippen LogP contribution in [0.2, 0.25) is 0 Å². The van der Waals surface area contributed by atoms with Gasteiger partial charge < -0.3 is 4.74 Å². The molecule has 7 rings (SSSR count). The number of hydrogen-bond acceptors (Lipinski definition) is 2. The van der Waals surface area contributed by atoms with Gasteiger partial charge in [-0.2, -0.15) is 0 Å². The van der Waals surface area contributed by atoms with Crippen molar-refractivity contribution < 1.29 is 9.53 Å². The van der Waals surface area contributed by atoms with Crippen LogP contribution in [0.25, 0.3) is 5.57 Å². The summed E-state index contributed by atoms with van der Waals surface area (Å²) < 4.78 is 6.12. The number of Topliss-reactive ketones (excluding diaryl/α,β-unsaturated/α-hetero) is 1. The van der Waals surface area contributed by atoms with Gasteiger partial charge in [-0.15, -0.1) is 0 Å². The van der Waals surface area contributed by atoms with Gasteiger partial charge >= 0.3 is 0 Å². The van der Waals surface area contributed by atoms with E-state index in [0.29, 0.717) is 29.5 Å². The fraction of sp³-hybridized carbons (Fsp3) is 0.286. The van der Waals surface area contributed by atoms with Crippen molar-refractivity contribution in [1.29, 1.82) is 0 Å². The lowest BCUT2D eigenvalue weighted by molar-refractivity contribution is -0.122. The van der Waals surface area contributed by atoms with Crippen LogP contribution in [0.15, 0.2) is 54.1 Å². The second-order valence-electron chi connectivity index (χ2n) is 7.22. The number of allylic oxidation sites excluding steroid dienone is 1. The highest BCUT2D eigenvalue weighted by Crippen LogP contribution is 2.66. The molecule has 112 valence electrons. The largest absolute Gasteiger partial charge is 0.456 e. The van der Waals surface area contributed by atoms with E-state index in [1.54, 1.807) is 5.57 Å². The molecule has 0 N–H and O–H groups in total. The average molecular weight is 300 g/mol. The number of carbonyl (C=O) groups is 1. The van der Waals surface area contributed by atoms with E-state index in [0.717, 1.165) is 24.3 Å². The van der Waals surface area contributed by atoms with E-state index in [9.17, 15) is 4.79 Å². The third-order valence-corrected chi connectivity index (χ3v) is 6.34. The van der Waals surface area contributed by atoms with Crippen molar-refractivity contribution in [2.75, 3.05) is 0 Å². The Kier molecular flexibility index (Phi) is 2.08. The first kappa shape index (κ1) is 12.1. The lowest BCUT2D eigenvalue weighted by Crippen LogP contribution is -2.16. The Labute approximate surface area is 134 Å². The zero-order valence-corrected chi connectivity index (χ0v) is 12.7. The number of fused-ring (bicyclic) bond motifs is 2. The molecule has 2 aromatic carbocycles. The van der Waals surface area contributed by atoms with Crippen LogP contribution in [0.4, 0.5) is 0 Å². The maximum Gasteiger partial charge on any atom is 0.140 e. The zero-order chi connectivity index (χ0) is 15.1. The number of ether oxygens (including phenoxy) is 1. The molecular formula is C21H16O2. The standard InChI is InChI=1S/C21H16O2/c22-21-15-9-13-16(21)10-14(15)20(13)19-11-5-1-3-7-17(11)23-18-8-4-2-6-12(18)19/h1-8,13-16H,9-10H2. The zero-order valence-electron chi connectivity index (χ0n) is 12.7. The van der Waals surface area contributed by atoms with Crippen LogP contribution in [0.3, 0.4) is 0 Å². The van der Waals surface area contributed by atoms with Crippen LogP contribution in [-0.2, 0) is 4.79 Å². The summed E-state index contributed by atoms with van der Waals surface area (Å²) in [7, 11) is 0. The van der Waals surface area contributed by atoms with Gasteiger partial charge in [0.1, 0.15) is 17.3 Å². The highest BCUT2D eigenvalue weighted by Gasteiger charge is 2.63. The SMILES string of the molecule is O=C1C2CC3C(=C4c5ccccc5Oc5ccccc54)C2CC13. The van der Waals surface area contributed by atoms with E-state index >= 15 is 0 Å². The van der Waals surface area contributed by atoms with Gasteiger partial charge in [-0.1, -0.05) is 42.0 Å². The van der Waals surface area contributed by atoms with Gasteiger partial charge in [-0.3, -0.25) is 4.79 Å². The maximum absolute atomic E-state index is 12.3. The molecule has 0 amide bonds. The van der Waals surface area contributed by atoms with Crippen LogP contribution >= 0.6 is 0 Å². The number of para-hydroxylation sites is 2. The van der Waals surface area contributed by atoms with Crippen LogP contribution in [0.5, 0.6) is 11.5 Å². The fourth-order valence-electron chi connectivity index (χ4n) is 5.54. The smallest absolute Gasteiger partial charge is 0.140 e. The summed E-state index contributed by atoms with van der Waals surface area (Å²) in [5, 5.41) is 0. The summed E-state index contributed by atoms with van der Waals surface area (Å²) >= 11 is 0. The molecule has 0 spiro atoms. The molecule has 4 atom stereocenters. The molecule has 1 aliphatic heterocycles.